The fraction of sp³-hybridized carbons (Fsp3) is 0.533. The van der Waals surface area contributed by atoms with Crippen molar-refractivity contribution < 1.29 is 22.3 Å². The van der Waals surface area contributed by atoms with Crippen LogP contribution in [0.15, 0.2) is 12.1 Å². The minimum atomic E-state index is -3.44. The Morgan fingerprint density at radius 1 is 1.42 bits per heavy atom. The second kappa shape index (κ2) is 7.35. The predicted octanol–water partition coefficient (Wildman–Crippen LogP) is 1.42. The minimum Gasteiger partial charge on any atom is -0.379 e. The molecular weight excluding hydrogens is 359 g/mol. The van der Waals surface area contributed by atoms with Crippen LogP contribution in [0.4, 0.5) is 4.39 Å². The van der Waals surface area contributed by atoms with Crippen molar-refractivity contribution in [2.75, 3.05) is 33.1 Å². The Labute approximate surface area is 146 Å². The number of nitrogens with one attached hydrogen (secondary N) is 1. The first-order valence-corrected chi connectivity index (χ1v) is 9.35. The number of carbonyl (C=O) groups excluding carboxylic acids is 1. The molecule has 0 unspecified atom stereocenters. The van der Waals surface area contributed by atoms with E-state index in [-0.39, 0.29) is 29.6 Å². The summed E-state index contributed by atoms with van der Waals surface area (Å²) in [7, 11) is -0.546. The van der Waals surface area contributed by atoms with Crippen molar-refractivity contribution in [3.05, 3.63) is 34.1 Å². The van der Waals surface area contributed by atoms with Crippen molar-refractivity contribution in [1.82, 2.24) is 9.62 Å². The Kier molecular flexibility index (Phi) is 5.85. The molecule has 6 nitrogen and oxygen atoms in total. The molecule has 1 amide bonds. The quantitative estimate of drug-likeness (QED) is 0.840. The van der Waals surface area contributed by atoms with Crippen LogP contribution in [0.3, 0.4) is 0 Å². The van der Waals surface area contributed by atoms with Crippen LogP contribution in [-0.2, 0) is 14.8 Å². The number of halogens is 2. The molecule has 0 aliphatic carbocycles. The number of carbonyl (C=O) groups is 1. The fourth-order valence-corrected chi connectivity index (χ4v) is 3.85. The second-order valence-electron chi connectivity index (χ2n) is 5.99. The van der Waals surface area contributed by atoms with E-state index in [0.717, 1.165) is 4.31 Å². The monoisotopic (exact) mass is 378 g/mol. The zero-order valence-corrected chi connectivity index (χ0v) is 15.2. The number of sulfonamides is 1. The lowest BCUT2D eigenvalue weighted by molar-refractivity contribution is 0.0922. The third kappa shape index (κ3) is 4.05. The van der Waals surface area contributed by atoms with Crippen molar-refractivity contribution >= 4 is 27.5 Å². The normalized spacial score (nSPS) is 21.2. The third-order valence-electron chi connectivity index (χ3n) is 4.01. The Balaban J connectivity index is 2.16. The smallest absolute Gasteiger partial charge is 0.256 e. The molecule has 0 aromatic heterocycles. The van der Waals surface area contributed by atoms with E-state index >= 15 is 0 Å². The highest BCUT2D eigenvalue weighted by Gasteiger charge is 2.35. The van der Waals surface area contributed by atoms with E-state index in [1.54, 1.807) is 6.92 Å². The van der Waals surface area contributed by atoms with Gasteiger partial charge in [-0.15, -0.1) is 0 Å². The Hall–Kier alpha value is -1.22. The standard InChI is InChI=1S/C15H20ClFN2O4S/c1-9-4-5-11(17)13(14(9)16)15(20)18-12-7-23-6-10(12)8-24(21,22)19(2)3/h4-5,10,12H,6-8H2,1-3H3,(H,18,20)/t10-,12-/m0/s1. The van der Waals surface area contributed by atoms with E-state index in [1.807, 2.05) is 0 Å². The van der Waals surface area contributed by atoms with E-state index in [2.05, 4.69) is 5.32 Å². The maximum atomic E-state index is 13.9. The number of aryl methyl sites for hydroxylation is 1. The van der Waals surface area contributed by atoms with Crippen molar-refractivity contribution in [3.8, 4) is 0 Å². The molecular formula is C15H20ClFN2O4S. The molecule has 9 heteroatoms. The highest BCUT2D eigenvalue weighted by atomic mass is 35.5. The largest absolute Gasteiger partial charge is 0.379 e. The lowest BCUT2D eigenvalue weighted by atomic mass is 10.0. The zero-order valence-electron chi connectivity index (χ0n) is 13.7. The number of benzene rings is 1. The molecule has 2 atom stereocenters. The lowest BCUT2D eigenvalue weighted by Crippen LogP contribution is -2.43. The molecule has 2 rings (SSSR count). The number of hydrogen-bond acceptors (Lipinski definition) is 4. The summed E-state index contributed by atoms with van der Waals surface area (Å²) in [5, 5.41) is 2.69. The molecule has 1 aliphatic rings. The average molecular weight is 379 g/mol. The van der Waals surface area contributed by atoms with Gasteiger partial charge in [-0.25, -0.2) is 17.1 Å². The Morgan fingerprint density at radius 2 is 2.08 bits per heavy atom. The SMILES string of the molecule is Cc1ccc(F)c(C(=O)N[C@H]2COC[C@H]2CS(=O)(=O)N(C)C)c1Cl. The summed E-state index contributed by atoms with van der Waals surface area (Å²) in [5.74, 6) is -1.97. The van der Waals surface area contributed by atoms with E-state index in [1.165, 1.54) is 26.2 Å². The van der Waals surface area contributed by atoms with Gasteiger partial charge in [0.2, 0.25) is 10.0 Å². The van der Waals surface area contributed by atoms with Gasteiger partial charge in [0.1, 0.15) is 5.82 Å². The lowest BCUT2D eigenvalue weighted by Gasteiger charge is -2.21. The van der Waals surface area contributed by atoms with Gasteiger partial charge in [0.05, 0.1) is 35.6 Å². The van der Waals surface area contributed by atoms with Gasteiger partial charge >= 0.3 is 0 Å². The Bertz CT molecular complexity index is 739. The van der Waals surface area contributed by atoms with Crippen LogP contribution in [0.1, 0.15) is 15.9 Å². The van der Waals surface area contributed by atoms with Crippen molar-refractivity contribution in [2.45, 2.75) is 13.0 Å². The summed E-state index contributed by atoms with van der Waals surface area (Å²) in [5.41, 5.74) is 0.343. The highest BCUT2D eigenvalue weighted by Crippen LogP contribution is 2.24. The first kappa shape index (κ1) is 19.1. The van der Waals surface area contributed by atoms with Gasteiger partial charge in [0.15, 0.2) is 0 Å². The molecule has 24 heavy (non-hydrogen) atoms. The predicted molar refractivity (Wildman–Crippen MR) is 89.2 cm³/mol. The summed E-state index contributed by atoms with van der Waals surface area (Å²) in [6.45, 7) is 2.05. The molecule has 134 valence electrons. The molecule has 1 saturated heterocycles. The van der Waals surface area contributed by atoms with Crippen LogP contribution in [0.25, 0.3) is 0 Å². The van der Waals surface area contributed by atoms with Crippen LogP contribution in [0.5, 0.6) is 0 Å². The summed E-state index contributed by atoms with van der Waals surface area (Å²) in [4.78, 5) is 12.4. The summed E-state index contributed by atoms with van der Waals surface area (Å²) >= 11 is 6.03. The first-order valence-electron chi connectivity index (χ1n) is 7.37. The van der Waals surface area contributed by atoms with Gasteiger partial charge in [-0.2, -0.15) is 0 Å². The zero-order chi connectivity index (χ0) is 18.1. The van der Waals surface area contributed by atoms with Crippen molar-refractivity contribution in [3.63, 3.8) is 0 Å². The summed E-state index contributed by atoms with van der Waals surface area (Å²) in [6, 6.07) is 2.14. The van der Waals surface area contributed by atoms with Crippen molar-refractivity contribution in [1.29, 1.82) is 0 Å². The number of amides is 1. The van der Waals surface area contributed by atoms with Gasteiger partial charge in [-0.05, 0) is 18.6 Å². The molecule has 1 aliphatic heterocycles. The maximum Gasteiger partial charge on any atom is 0.256 e. The van der Waals surface area contributed by atoms with Crippen LogP contribution in [0, 0.1) is 18.7 Å². The topological polar surface area (TPSA) is 75.7 Å². The maximum absolute atomic E-state index is 13.9. The van der Waals surface area contributed by atoms with Crippen LogP contribution < -0.4 is 5.32 Å². The molecule has 0 spiro atoms. The molecule has 1 aromatic carbocycles. The van der Waals surface area contributed by atoms with Gasteiger partial charge in [-0.1, -0.05) is 17.7 Å². The van der Waals surface area contributed by atoms with E-state index in [9.17, 15) is 17.6 Å². The van der Waals surface area contributed by atoms with Gasteiger partial charge in [0, 0.05) is 20.0 Å². The first-order chi connectivity index (χ1) is 11.1. The summed E-state index contributed by atoms with van der Waals surface area (Å²) < 4.78 is 44.4. The van der Waals surface area contributed by atoms with E-state index in [4.69, 9.17) is 16.3 Å². The third-order valence-corrected chi connectivity index (χ3v) is 6.46. The number of rotatable bonds is 5. The minimum absolute atomic E-state index is 0.0453. The molecule has 0 bridgehead atoms. The fourth-order valence-electron chi connectivity index (χ4n) is 2.45. The number of hydrogen-bond donors (Lipinski definition) is 1. The Morgan fingerprint density at radius 3 is 2.71 bits per heavy atom. The van der Waals surface area contributed by atoms with Crippen molar-refractivity contribution in [2.24, 2.45) is 5.92 Å². The van der Waals surface area contributed by atoms with E-state index in [0.29, 0.717) is 5.56 Å². The second-order valence-corrected chi connectivity index (χ2v) is 8.60. The van der Waals surface area contributed by atoms with Crippen LogP contribution >= 0.6 is 11.6 Å². The van der Waals surface area contributed by atoms with Gasteiger partial charge < -0.3 is 10.1 Å². The number of ether oxygens (including phenoxy) is 1. The molecule has 1 N–H and O–H groups in total. The molecule has 1 fully saturated rings. The molecule has 0 saturated carbocycles. The molecule has 1 aromatic rings. The molecule has 0 radical (unpaired) electrons. The molecule has 1 heterocycles. The summed E-state index contributed by atoms with van der Waals surface area (Å²) in [6.07, 6.45) is 0. The van der Waals surface area contributed by atoms with E-state index < -0.39 is 33.7 Å². The van der Waals surface area contributed by atoms with Crippen LogP contribution in [-0.4, -0.2) is 57.7 Å². The highest BCUT2D eigenvalue weighted by molar-refractivity contribution is 7.89. The van der Waals surface area contributed by atoms with Crippen LogP contribution in [0.2, 0.25) is 5.02 Å². The van der Waals surface area contributed by atoms with Gasteiger partial charge in [-0.3, -0.25) is 4.79 Å². The number of nitrogens with zero attached hydrogens (tertiary/aromatic N) is 1. The van der Waals surface area contributed by atoms with Gasteiger partial charge in [0.25, 0.3) is 5.91 Å². The average Bonchev–Trinajstić information content (AvgIpc) is 2.89.